The van der Waals surface area contributed by atoms with Gasteiger partial charge in [0.1, 0.15) is 5.82 Å². The summed E-state index contributed by atoms with van der Waals surface area (Å²) in [5, 5.41) is 3.84. The lowest BCUT2D eigenvalue weighted by molar-refractivity contribution is 0.554. The maximum Gasteiger partial charge on any atom is 0.163 e. The number of rotatable bonds is 6. The predicted octanol–water partition coefficient (Wildman–Crippen LogP) is 13.4. The SMILES string of the molecule is CC1=CCC(C)(c2nc(-c3ccccc3)nc(-c3ccccc3)n2)C=C1c1cccc2c1c1c(n2-c2ccc(C)cc2)CC(C)C(n2c3ccccc3c3ccccc32)=C1. The van der Waals surface area contributed by atoms with Crippen molar-refractivity contribution in [3.05, 3.63) is 198 Å². The summed E-state index contributed by atoms with van der Waals surface area (Å²) in [6.07, 6.45) is 9.01. The van der Waals surface area contributed by atoms with Gasteiger partial charge in [0.15, 0.2) is 11.6 Å². The molecule has 5 nitrogen and oxygen atoms in total. The number of aromatic nitrogens is 5. The molecule has 0 saturated carbocycles. The fourth-order valence-electron chi connectivity index (χ4n) is 9.64. The standard InChI is InChI=1S/C55H45N5/c1-35-26-28-40(29-27-35)59-48-25-15-22-43(51(48)44-33-49(37(3)32-50(44)59)60-46-23-13-11-20-41(46)42-21-12-14-24-47(42)60)45-34-55(4,31-30-36(45)2)54-57-52(38-16-7-5-8-17-38)56-53(58-54)39-18-9-6-10-19-39/h5-30,33-34,37H,31-32H2,1-4H3. The first-order chi connectivity index (χ1) is 29.3. The van der Waals surface area contributed by atoms with E-state index in [-0.39, 0.29) is 5.92 Å². The van der Waals surface area contributed by atoms with Gasteiger partial charge in [-0.15, -0.1) is 0 Å². The fraction of sp³-hybridized carbons (Fsp3) is 0.145. The zero-order chi connectivity index (χ0) is 40.5. The lowest BCUT2D eigenvalue weighted by Crippen LogP contribution is -2.25. The van der Waals surface area contributed by atoms with E-state index in [4.69, 9.17) is 15.0 Å². The van der Waals surface area contributed by atoms with Crippen LogP contribution in [0.2, 0.25) is 0 Å². The summed E-state index contributed by atoms with van der Waals surface area (Å²) in [5.74, 6) is 2.41. The average Bonchev–Trinajstić information content (AvgIpc) is 3.80. The topological polar surface area (TPSA) is 48.5 Å². The van der Waals surface area contributed by atoms with Crippen LogP contribution in [0, 0.1) is 12.8 Å². The molecule has 0 bridgehead atoms. The minimum absolute atomic E-state index is 0.272. The summed E-state index contributed by atoms with van der Waals surface area (Å²) >= 11 is 0. The summed E-state index contributed by atoms with van der Waals surface area (Å²) in [6, 6.07) is 54.1. The Labute approximate surface area is 350 Å². The quantitative estimate of drug-likeness (QED) is 0.169. The molecule has 0 amide bonds. The van der Waals surface area contributed by atoms with Crippen molar-refractivity contribution in [2.75, 3.05) is 0 Å². The maximum absolute atomic E-state index is 5.25. The highest BCUT2D eigenvalue weighted by Crippen LogP contribution is 2.47. The summed E-state index contributed by atoms with van der Waals surface area (Å²) in [7, 11) is 0. The molecule has 290 valence electrons. The second-order valence-electron chi connectivity index (χ2n) is 16.9. The summed E-state index contributed by atoms with van der Waals surface area (Å²) in [4.78, 5) is 15.5. The Hall–Kier alpha value is -7.11. The number of fused-ring (bicyclic) bond motifs is 6. The summed E-state index contributed by atoms with van der Waals surface area (Å²) in [5.41, 5.74) is 15.2. The van der Waals surface area contributed by atoms with Gasteiger partial charge in [0.05, 0.1) is 16.6 Å². The van der Waals surface area contributed by atoms with Gasteiger partial charge in [-0.1, -0.05) is 146 Å². The Kier molecular flexibility index (Phi) is 8.42. The Balaban J connectivity index is 1.15. The number of hydrogen-bond acceptors (Lipinski definition) is 3. The monoisotopic (exact) mass is 775 g/mol. The fourth-order valence-corrected chi connectivity index (χ4v) is 9.64. The van der Waals surface area contributed by atoms with Crippen LogP contribution in [0.15, 0.2) is 169 Å². The van der Waals surface area contributed by atoms with Gasteiger partial charge in [0.2, 0.25) is 0 Å². The molecule has 2 aliphatic rings. The zero-order valence-electron chi connectivity index (χ0n) is 34.4. The average molecular weight is 776 g/mol. The van der Waals surface area contributed by atoms with Crippen LogP contribution >= 0.6 is 0 Å². The molecule has 3 aromatic heterocycles. The Morgan fingerprint density at radius 3 is 1.82 bits per heavy atom. The zero-order valence-corrected chi connectivity index (χ0v) is 34.4. The third-order valence-corrected chi connectivity index (χ3v) is 12.8. The lowest BCUT2D eigenvalue weighted by Gasteiger charge is -2.30. The molecule has 2 atom stereocenters. The van der Waals surface area contributed by atoms with Crippen molar-refractivity contribution >= 4 is 50.1 Å². The number of benzene rings is 6. The van der Waals surface area contributed by atoms with Crippen molar-refractivity contribution in [2.45, 2.75) is 46.0 Å². The molecule has 0 N–H and O–H groups in total. The Morgan fingerprint density at radius 1 is 0.600 bits per heavy atom. The second kappa shape index (κ2) is 14.0. The molecule has 9 aromatic rings. The number of nitrogens with zero attached hydrogens (tertiary/aromatic N) is 5. The number of aryl methyl sites for hydroxylation is 1. The van der Waals surface area contributed by atoms with Gasteiger partial charge in [-0.25, -0.2) is 15.0 Å². The predicted molar refractivity (Wildman–Crippen MR) is 249 cm³/mol. The highest BCUT2D eigenvalue weighted by atomic mass is 15.1. The highest BCUT2D eigenvalue weighted by molar-refractivity contribution is 6.12. The minimum atomic E-state index is -0.495. The van der Waals surface area contributed by atoms with Crippen LogP contribution in [0.4, 0.5) is 0 Å². The molecule has 60 heavy (non-hydrogen) atoms. The van der Waals surface area contributed by atoms with E-state index in [1.165, 1.54) is 77.6 Å². The van der Waals surface area contributed by atoms with E-state index < -0.39 is 5.41 Å². The van der Waals surface area contributed by atoms with Gasteiger partial charge < -0.3 is 9.13 Å². The maximum atomic E-state index is 5.25. The Morgan fingerprint density at radius 2 is 1.18 bits per heavy atom. The molecule has 0 spiro atoms. The van der Waals surface area contributed by atoms with Crippen molar-refractivity contribution in [1.29, 1.82) is 0 Å². The molecule has 0 radical (unpaired) electrons. The first-order valence-electron chi connectivity index (χ1n) is 21.1. The van der Waals surface area contributed by atoms with Crippen LogP contribution in [0.1, 0.15) is 55.4 Å². The second-order valence-corrected chi connectivity index (χ2v) is 16.9. The first kappa shape index (κ1) is 36.0. The molecular formula is C55H45N5. The van der Waals surface area contributed by atoms with E-state index in [0.29, 0.717) is 11.6 Å². The van der Waals surface area contributed by atoms with E-state index in [0.717, 1.165) is 29.8 Å². The van der Waals surface area contributed by atoms with Crippen molar-refractivity contribution < 1.29 is 0 Å². The van der Waals surface area contributed by atoms with Crippen molar-refractivity contribution in [3.63, 3.8) is 0 Å². The smallest absolute Gasteiger partial charge is 0.163 e. The first-order valence-corrected chi connectivity index (χ1v) is 21.1. The van der Waals surface area contributed by atoms with Gasteiger partial charge in [-0.2, -0.15) is 0 Å². The Bertz CT molecular complexity index is 3120. The number of allylic oxidation sites excluding steroid dienone is 5. The molecule has 0 saturated heterocycles. The molecule has 5 heteroatoms. The van der Waals surface area contributed by atoms with Gasteiger partial charge in [-0.3, -0.25) is 0 Å². The molecule has 0 aliphatic heterocycles. The summed E-state index contributed by atoms with van der Waals surface area (Å²) in [6.45, 7) is 9.09. The molecule has 0 fully saturated rings. The molecule has 11 rings (SSSR count). The molecular weight excluding hydrogens is 731 g/mol. The lowest BCUT2D eigenvalue weighted by atomic mass is 9.76. The number of hydrogen-bond donors (Lipinski definition) is 0. The van der Waals surface area contributed by atoms with Crippen LogP contribution in [-0.4, -0.2) is 24.1 Å². The normalized spacial score (nSPS) is 17.7. The van der Waals surface area contributed by atoms with Crippen LogP contribution in [0.3, 0.4) is 0 Å². The summed E-state index contributed by atoms with van der Waals surface area (Å²) < 4.78 is 5.04. The largest absolute Gasteiger partial charge is 0.313 e. The van der Waals surface area contributed by atoms with E-state index >= 15 is 0 Å². The van der Waals surface area contributed by atoms with Gasteiger partial charge >= 0.3 is 0 Å². The van der Waals surface area contributed by atoms with E-state index in [9.17, 15) is 0 Å². The van der Waals surface area contributed by atoms with E-state index in [1.807, 2.05) is 36.4 Å². The van der Waals surface area contributed by atoms with Crippen LogP contribution < -0.4 is 0 Å². The van der Waals surface area contributed by atoms with E-state index in [2.05, 4.69) is 170 Å². The third kappa shape index (κ3) is 5.79. The molecule has 2 aliphatic carbocycles. The van der Waals surface area contributed by atoms with Gasteiger partial charge in [0.25, 0.3) is 0 Å². The van der Waals surface area contributed by atoms with Crippen molar-refractivity contribution in [1.82, 2.24) is 24.1 Å². The van der Waals surface area contributed by atoms with Crippen molar-refractivity contribution in [2.24, 2.45) is 5.92 Å². The minimum Gasteiger partial charge on any atom is -0.313 e. The van der Waals surface area contributed by atoms with Crippen LogP contribution in [0.5, 0.6) is 0 Å². The molecule has 2 unspecified atom stereocenters. The third-order valence-electron chi connectivity index (χ3n) is 12.8. The van der Waals surface area contributed by atoms with E-state index in [1.54, 1.807) is 0 Å². The molecule has 3 heterocycles. The van der Waals surface area contributed by atoms with Gasteiger partial charge in [0, 0.05) is 61.3 Å². The highest BCUT2D eigenvalue weighted by Gasteiger charge is 2.34. The van der Waals surface area contributed by atoms with Crippen LogP contribution in [0.25, 0.3) is 78.5 Å². The molecule has 6 aromatic carbocycles. The van der Waals surface area contributed by atoms with Gasteiger partial charge in [-0.05, 0) is 86.7 Å². The van der Waals surface area contributed by atoms with Crippen LogP contribution in [-0.2, 0) is 11.8 Å². The number of para-hydroxylation sites is 2. The van der Waals surface area contributed by atoms with Crippen molar-refractivity contribution in [3.8, 4) is 28.5 Å².